The SMILES string of the molecule is COc1ccc(CCC(C)n2nc(C)cc2N)cc1. The number of benzene rings is 1. The van der Waals surface area contributed by atoms with Gasteiger partial charge in [-0.05, 0) is 44.4 Å². The summed E-state index contributed by atoms with van der Waals surface area (Å²) in [5.74, 6) is 1.63. The average molecular weight is 259 g/mol. The summed E-state index contributed by atoms with van der Waals surface area (Å²) < 4.78 is 7.05. The van der Waals surface area contributed by atoms with Crippen LogP contribution >= 0.6 is 0 Å². The van der Waals surface area contributed by atoms with Gasteiger partial charge in [-0.2, -0.15) is 5.10 Å². The first-order valence-electron chi connectivity index (χ1n) is 6.54. The predicted octanol–water partition coefficient (Wildman–Crippen LogP) is 2.98. The Morgan fingerprint density at radius 1 is 1.32 bits per heavy atom. The van der Waals surface area contributed by atoms with Crippen molar-refractivity contribution in [3.63, 3.8) is 0 Å². The van der Waals surface area contributed by atoms with Gasteiger partial charge in [-0.25, -0.2) is 4.68 Å². The molecule has 4 nitrogen and oxygen atoms in total. The number of nitrogens with zero attached hydrogens (tertiary/aromatic N) is 2. The topological polar surface area (TPSA) is 53.1 Å². The van der Waals surface area contributed by atoms with Crippen molar-refractivity contribution in [2.45, 2.75) is 32.7 Å². The van der Waals surface area contributed by atoms with Crippen LogP contribution in [0.15, 0.2) is 30.3 Å². The zero-order valence-corrected chi connectivity index (χ0v) is 11.8. The normalized spacial score (nSPS) is 12.4. The number of rotatable bonds is 5. The van der Waals surface area contributed by atoms with E-state index in [9.17, 15) is 0 Å². The monoisotopic (exact) mass is 259 g/mol. The van der Waals surface area contributed by atoms with E-state index < -0.39 is 0 Å². The van der Waals surface area contributed by atoms with Gasteiger partial charge >= 0.3 is 0 Å². The summed E-state index contributed by atoms with van der Waals surface area (Å²) in [6.07, 6.45) is 2.02. The number of methoxy groups -OCH3 is 1. The van der Waals surface area contributed by atoms with E-state index in [-0.39, 0.29) is 0 Å². The summed E-state index contributed by atoms with van der Waals surface area (Å²) in [7, 11) is 1.68. The molecule has 1 unspecified atom stereocenters. The van der Waals surface area contributed by atoms with Crippen molar-refractivity contribution in [3.05, 3.63) is 41.6 Å². The minimum absolute atomic E-state index is 0.302. The second-order valence-corrected chi connectivity index (χ2v) is 4.89. The Labute approximate surface area is 114 Å². The highest BCUT2D eigenvalue weighted by Crippen LogP contribution is 2.19. The molecule has 4 heteroatoms. The molecule has 2 rings (SSSR count). The molecule has 2 N–H and O–H groups in total. The van der Waals surface area contributed by atoms with Crippen LogP contribution < -0.4 is 10.5 Å². The molecule has 1 aromatic carbocycles. The van der Waals surface area contributed by atoms with E-state index >= 15 is 0 Å². The zero-order valence-electron chi connectivity index (χ0n) is 11.8. The molecule has 0 bridgehead atoms. The molecule has 0 amide bonds. The van der Waals surface area contributed by atoms with Gasteiger partial charge in [-0.3, -0.25) is 0 Å². The van der Waals surface area contributed by atoms with Crippen molar-refractivity contribution < 1.29 is 4.74 Å². The second-order valence-electron chi connectivity index (χ2n) is 4.89. The quantitative estimate of drug-likeness (QED) is 0.898. The van der Waals surface area contributed by atoms with Crippen molar-refractivity contribution in [3.8, 4) is 5.75 Å². The molecule has 0 aliphatic carbocycles. The van der Waals surface area contributed by atoms with Gasteiger partial charge in [-0.1, -0.05) is 12.1 Å². The smallest absolute Gasteiger partial charge is 0.122 e. The van der Waals surface area contributed by atoms with E-state index in [0.29, 0.717) is 6.04 Å². The lowest BCUT2D eigenvalue weighted by atomic mass is 10.1. The largest absolute Gasteiger partial charge is 0.497 e. The Balaban J connectivity index is 1.96. The zero-order chi connectivity index (χ0) is 13.8. The second kappa shape index (κ2) is 5.78. The summed E-state index contributed by atoms with van der Waals surface area (Å²) in [6, 6.07) is 10.4. The maximum Gasteiger partial charge on any atom is 0.122 e. The van der Waals surface area contributed by atoms with E-state index in [2.05, 4.69) is 24.2 Å². The summed E-state index contributed by atoms with van der Waals surface area (Å²) in [4.78, 5) is 0. The molecule has 0 saturated heterocycles. The maximum absolute atomic E-state index is 5.93. The van der Waals surface area contributed by atoms with Gasteiger partial charge < -0.3 is 10.5 Å². The van der Waals surface area contributed by atoms with Gasteiger partial charge in [0, 0.05) is 6.07 Å². The van der Waals surface area contributed by atoms with Crippen LogP contribution in [-0.2, 0) is 6.42 Å². The summed E-state index contributed by atoms with van der Waals surface area (Å²) >= 11 is 0. The van der Waals surface area contributed by atoms with Gasteiger partial charge in [0.25, 0.3) is 0 Å². The number of aryl methyl sites for hydroxylation is 2. The lowest BCUT2D eigenvalue weighted by Crippen LogP contribution is -2.11. The highest BCUT2D eigenvalue weighted by Gasteiger charge is 2.10. The van der Waals surface area contributed by atoms with Crippen LogP contribution in [0, 0.1) is 6.92 Å². The van der Waals surface area contributed by atoms with Crippen molar-refractivity contribution in [2.75, 3.05) is 12.8 Å². The highest BCUT2D eigenvalue weighted by molar-refractivity contribution is 5.31. The Bertz CT molecular complexity index is 531. The Morgan fingerprint density at radius 3 is 2.53 bits per heavy atom. The molecule has 0 saturated carbocycles. The van der Waals surface area contributed by atoms with E-state index in [1.165, 1.54) is 5.56 Å². The minimum Gasteiger partial charge on any atom is -0.497 e. The van der Waals surface area contributed by atoms with Crippen LogP contribution in [0.4, 0.5) is 5.82 Å². The van der Waals surface area contributed by atoms with Gasteiger partial charge in [0.1, 0.15) is 11.6 Å². The van der Waals surface area contributed by atoms with E-state index in [0.717, 1.165) is 30.1 Å². The number of nitrogens with two attached hydrogens (primary N) is 1. The molecule has 1 heterocycles. The average Bonchev–Trinajstić information content (AvgIpc) is 2.75. The fourth-order valence-electron chi connectivity index (χ4n) is 2.18. The highest BCUT2D eigenvalue weighted by atomic mass is 16.5. The maximum atomic E-state index is 5.93. The molecular formula is C15H21N3O. The van der Waals surface area contributed by atoms with Crippen LogP contribution in [-0.4, -0.2) is 16.9 Å². The molecule has 19 heavy (non-hydrogen) atoms. The lowest BCUT2D eigenvalue weighted by molar-refractivity contribution is 0.414. The van der Waals surface area contributed by atoms with Crippen LogP contribution in [0.25, 0.3) is 0 Å². The van der Waals surface area contributed by atoms with Gasteiger partial charge in [-0.15, -0.1) is 0 Å². The first kappa shape index (κ1) is 13.5. The van der Waals surface area contributed by atoms with Gasteiger partial charge in [0.15, 0.2) is 0 Å². The number of hydrogen-bond acceptors (Lipinski definition) is 3. The Hall–Kier alpha value is -1.97. The molecule has 0 spiro atoms. The first-order chi connectivity index (χ1) is 9.10. The molecule has 1 atom stereocenters. The van der Waals surface area contributed by atoms with Crippen LogP contribution in [0.5, 0.6) is 5.75 Å². The number of anilines is 1. The van der Waals surface area contributed by atoms with E-state index in [4.69, 9.17) is 10.5 Å². The van der Waals surface area contributed by atoms with Gasteiger partial charge in [0.2, 0.25) is 0 Å². The number of hydrogen-bond donors (Lipinski definition) is 1. The van der Waals surface area contributed by atoms with E-state index in [1.807, 2.05) is 29.8 Å². The molecule has 0 aliphatic heterocycles. The molecule has 2 aromatic rings. The molecule has 102 valence electrons. The van der Waals surface area contributed by atoms with E-state index in [1.54, 1.807) is 7.11 Å². The number of ether oxygens (including phenoxy) is 1. The molecule has 0 fully saturated rings. The summed E-state index contributed by atoms with van der Waals surface area (Å²) in [5, 5.41) is 4.42. The van der Waals surface area contributed by atoms with Crippen molar-refractivity contribution in [1.82, 2.24) is 9.78 Å². The molecule has 0 radical (unpaired) electrons. The van der Waals surface area contributed by atoms with Crippen LogP contribution in [0.1, 0.15) is 30.6 Å². The van der Waals surface area contributed by atoms with Crippen molar-refractivity contribution >= 4 is 5.82 Å². The van der Waals surface area contributed by atoms with Crippen molar-refractivity contribution in [1.29, 1.82) is 0 Å². The van der Waals surface area contributed by atoms with Gasteiger partial charge in [0.05, 0.1) is 18.8 Å². The fraction of sp³-hybridized carbons (Fsp3) is 0.400. The standard InChI is InChI=1S/C15H21N3O/c1-11-10-15(16)18(17-11)12(2)4-5-13-6-8-14(19-3)9-7-13/h6-10,12H,4-5,16H2,1-3H3. The molecule has 1 aromatic heterocycles. The summed E-state index contributed by atoms with van der Waals surface area (Å²) in [6.45, 7) is 4.11. The third-order valence-electron chi connectivity index (χ3n) is 3.31. The Kier molecular flexibility index (Phi) is 4.10. The van der Waals surface area contributed by atoms with Crippen LogP contribution in [0.2, 0.25) is 0 Å². The van der Waals surface area contributed by atoms with Crippen LogP contribution in [0.3, 0.4) is 0 Å². The fourth-order valence-corrected chi connectivity index (χ4v) is 2.18. The third kappa shape index (κ3) is 3.28. The lowest BCUT2D eigenvalue weighted by Gasteiger charge is -2.14. The predicted molar refractivity (Wildman–Crippen MR) is 77.4 cm³/mol. The summed E-state index contributed by atoms with van der Waals surface area (Å²) in [5.41, 5.74) is 8.20. The molecule has 0 aliphatic rings. The minimum atomic E-state index is 0.302. The first-order valence-corrected chi connectivity index (χ1v) is 6.54. The third-order valence-corrected chi connectivity index (χ3v) is 3.31. The molecular weight excluding hydrogens is 238 g/mol. The number of nitrogen functional groups attached to an aromatic ring is 1. The Morgan fingerprint density at radius 2 is 2.00 bits per heavy atom. The number of aromatic nitrogens is 2. The van der Waals surface area contributed by atoms with Crippen molar-refractivity contribution in [2.24, 2.45) is 0 Å².